The summed E-state index contributed by atoms with van der Waals surface area (Å²) < 4.78 is 2.06. The van der Waals surface area contributed by atoms with Gasteiger partial charge in [0.05, 0.1) is 23.8 Å². The molecule has 3 aromatic rings. The molecule has 0 radical (unpaired) electrons. The van der Waals surface area contributed by atoms with Crippen molar-refractivity contribution in [1.82, 2.24) is 14.5 Å². The van der Waals surface area contributed by atoms with Crippen LogP contribution in [0.25, 0.3) is 0 Å². The highest BCUT2D eigenvalue weighted by Gasteiger charge is 2.39. The summed E-state index contributed by atoms with van der Waals surface area (Å²) in [6.45, 7) is 6.68. The summed E-state index contributed by atoms with van der Waals surface area (Å²) in [6.07, 6.45) is 1.81. The van der Waals surface area contributed by atoms with Gasteiger partial charge in [0.2, 0.25) is 0 Å². The number of carbonyl (C=O) groups excluding carboxylic acids is 2. The SMILES string of the molecule is Cc1ncn(Cc2cccc(N3C(=O)CN(C(C)c4ccccc4)C3=O)c2)c1C. The molecule has 2 heterocycles. The van der Waals surface area contributed by atoms with E-state index >= 15 is 0 Å². The number of benzene rings is 2. The number of urea groups is 1. The molecular weight excluding hydrogens is 364 g/mol. The summed E-state index contributed by atoms with van der Waals surface area (Å²) in [4.78, 5) is 33.0. The summed E-state index contributed by atoms with van der Waals surface area (Å²) in [5.41, 5.74) is 4.73. The molecule has 1 unspecified atom stereocenters. The minimum atomic E-state index is -0.279. The van der Waals surface area contributed by atoms with Crippen LogP contribution in [-0.2, 0) is 11.3 Å². The fourth-order valence-corrected chi connectivity index (χ4v) is 3.68. The molecule has 29 heavy (non-hydrogen) atoms. The van der Waals surface area contributed by atoms with E-state index in [9.17, 15) is 9.59 Å². The van der Waals surface area contributed by atoms with Crippen molar-refractivity contribution >= 4 is 17.6 Å². The van der Waals surface area contributed by atoms with E-state index in [2.05, 4.69) is 9.55 Å². The van der Waals surface area contributed by atoms with Crippen LogP contribution in [0.3, 0.4) is 0 Å². The van der Waals surface area contributed by atoms with Crippen molar-refractivity contribution in [3.63, 3.8) is 0 Å². The van der Waals surface area contributed by atoms with Crippen LogP contribution in [0.4, 0.5) is 10.5 Å². The Hall–Kier alpha value is -3.41. The average Bonchev–Trinajstić information content (AvgIpc) is 3.21. The molecule has 1 aliphatic heterocycles. The number of hydrogen-bond acceptors (Lipinski definition) is 3. The Bertz CT molecular complexity index is 1060. The van der Waals surface area contributed by atoms with Crippen LogP contribution in [0.15, 0.2) is 60.9 Å². The minimum Gasteiger partial charge on any atom is -0.330 e. The Morgan fingerprint density at radius 1 is 1.03 bits per heavy atom. The fourth-order valence-electron chi connectivity index (χ4n) is 3.68. The zero-order valence-corrected chi connectivity index (χ0v) is 16.9. The van der Waals surface area contributed by atoms with Crippen molar-refractivity contribution in [2.45, 2.75) is 33.4 Å². The van der Waals surface area contributed by atoms with Gasteiger partial charge in [0.15, 0.2) is 0 Å². The molecule has 0 aliphatic carbocycles. The summed E-state index contributed by atoms with van der Waals surface area (Å²) >= 11 is 0. The number of amides is 3. The average molecular weight is 388 g/mol. The molecular formula is C23H24N4O2. The van der Waals surface area contributed by atoms with Gasteiger partial charge in [0.1, 0.15) is 6.54 Å². The van der Waals surface area contributed by atoms with Crippen molar-refractivity contribution in [3.05, 3.63) is 83.4 Å². The Kier molecular flexibility index (Phi) is 4.92. The van der Waals surface area contributed by atoms with E-state index < -0.39 is 0 Å². The van der Waals surface area contributed by atoms with Crippen molar-refractivity contribution in [2.75, 3.05) is 11.4 Å². The number of aryl methyl sites for hydroxylation is 1. The summed E-state index contributed by atoms with van der Waals surface area (Å²) in [5, 5.41) is 0. The molecule has 1 atom stereocenters. The van der Waals surface area contributed by atoms with Crippen LogP contribution in [0.2, 0.25) is 0 Å². The van der Waals surface area contributed by atoms with Crippen molar-refractivity contribution in [1.29, 1.82) is 0 Å². The smallest absolute Gasteiger partial charge is 0.330 e. The summed E-state index contributed by atoms with van der Waals surface area (Å²) in [5.74, 6) is -0.204. The fraction of sp³-hybridized carbons (Fsp3) is 0.261. The van der Waals surface area contributed by atoms with Gasteiger partial charge in [0, 0.05) is 12.2 Å². The van der Waals surface area contributed by atoms with Gasteiger partial charge in [-0.3, -0.25) is 4.79 Å². The predicted octanol–water partition coefficient (Wildman–Crippen LogP) is 4.08. The summed E-state index contributed by atoms with van der Waals surface area (Å²) in [7, 11) is 0. The second-order valence-corrected chi connectivity index (χ2v) is 7.44. The van der Waals surface area contributed by atoms with Crippen LogP contribution < -0.4 is 4.90 Å². The lowest BCUT2D eigenvalue weighted by Crippen LogP contribution is -2.34. The number of carbonyl (C=O) groups is 2. The van der Waals surface area contributed by atoms with Gasteiger partial charge in [-0.15, -0.1) is 0 Å². The molecule has 6 nitrogen and oxygen atoms in total. The van der Waals surface area contributed by atoms with Crippen molar-refractivity contribution < 1.29 is 9.59 Å². The number of rotatable bonds is 5. The van der Waals surface area contributed by atoms with Gasteiger partial charge in [-0.2, -0.15) is 0 Å². The lowest BCUT2D eigenvalue weighted by Gasteiger charge is -2.24. The Balaban J connectivity index is 1.57. The third-order valence-electron chi connectivity index (χ3n) is 5.61. The second-order valence-electron chi connectivity index (χ2n) is 7.44. The van der Waals surface area contributed by atoms with E-state index in [1.165, 1.54) is 4.90 Å². The first kappa shape index (κ1) is 18.9. The highest BCUT2D eigenvalue weighted by atomic mass is 16.2. The maximum Gasteiger partial charge on any atom is 0.332 e. The molecule has 1 saturated heterocycles. The molecule has 0 saturated carbocycles. The highest BCUT2D eigenvalue weighted by Crippen LogP contribution is 2.29. The van der Waals surface area contributed by atoms with E-state index in [-0.39, 0.29) is 24.5 Å². The largest absolute Gasteiger partial charge is 0.332 e. The standard InChI is InChI=1S/C23H24N4O2/c1-16-17(2)25(15-24-16)13-19-8-7-11-21(12-19)27-22(28)14-26(23(27)29)18(3)20-9-5-4-6-10-20/h4-12,15,18H,13-14H2,1-3H3. The molecule has 4 rings (SSSR count). The number of imidazole rings is 1. The van der Waals surface area contributed by atoms with Crippen molar-refractivity contribution in [3.8, 4) is 0 Å². The van der Waals surface area contributed by atoms with E-state index in [1.54, 1.807) is 4.90 Å². The van der Waals surface area contributed by atoms with Crippen LogP contribution in [0, 0.1) is 13.8 Å². The summed E-state index contributed by atoms with van der Waals surface area (Å²) in [6, 6.07) is 16.9. The zero-order chi connectivity index (χ0) is 20.5. The number of nitrogens with zero attached hydrogens (tertiary/aromatic N) is 4. The third-order valence-corrected chi connectivity index (χ3v) is 5.61. The molecule has 6 heteroatoms. The van der Waals surface area contributed by atoms with Crippen LogP contribution in [-0.4, -0.2) is 32.9 Å². The van der Waals surface area contributed by atoms with E-state index in [0.29, 0.717) is 12.2 Å². The second kappa shape index (κ2) is 7.54. The Morgan fingerprint density at radius 2 is 1.79 bits per heavy atom. The van der Waals surface area contributed by atoms with Crippen LogP contribution in [0.1, 0.15) is 35.5 Å². The topological polar surface area (TPSA) is 58.4 Å². The first-order chi connectivity index (χ1) is 14.0. The first-order valence-electron chi connectivity index (χ1n) is 9.71. The van der Waals surface area contributed by atoms with Crippen LogP contribution in [0.5, 0.6) is 0 Å². The lowest BCUT2D eigenvalue weighted by molar-refractivity contribution is -0.116. The number of hydrogen-bond donors (Lipinski definition) is 0. The maximum absolute atomic E-state index is 13.1. The zero-order valence-electron chi connectivity index (χ0n) is 16.9. The minimum absolute atomic E-state index is 0.0823. The van der Waals surface area contributed by atoms with Gasteiger partial charge >= 0.3 is 6.03 Å². The van der Waals surface area contributed by atoms with Gasteiger partial charge in [-0.1, -0.05) is 42.5 Å². The molecule has 1 fully saturated rings. The maximum atomic E-state index is 13.1. The number of imide groups is 1. The lowest BCUT2D eigenvalue weighted by atomic mass is 10.1. The predicted molar refractivity (Wildman–Crippen MR) is 112 cm³/mol. The number of aromatic nitrogens is 2. The molecule has 2 aromatic carbocycles. The third kappa shape index (κ3) is 3.53. The quantitative estimate of drug-likeness (QED) is 0.619. The van der Waals surface area contributed by atoms with Gasteiger partial charge in [0.25, 0.3) is 5.91 Å². The first-order valence-corrected chi connectivity index (χ1v) is 9.71. The van der Waals surface area contributed by atoms with Gasteiger partial charge < -0.3 is 9.47 Å². The normalized spacial score (nSPS) is 15.3. The molecule has 0 bridgehead atoms. The Labute approximate surface area is 170 Å². The monoisotopic (exact) mass is 388 g/mol. The molecule has 3 amide bonds. The van der Waals surface area contributed by atoms with E-state index in [0.717, 1.165) is 22.5 Å². The number of anilines is 1. The molecule has 0 spiro atoms. The molecule has 148 valence electrons. The molecule has 0 N–H and O–H groups in total. The van der Waals surface area contributed by atoms with Gasteiger partial charge in [-0.05, 0) is 44.0 Å². The van der Waals surface area contributed by atoms with E-state index in [1.807, 2.05) is 81.7 Å². The van der Waals surface area contributed by atoms with Gasteiger partial charge in [-0.25, -0.2) is 14.7 Å². The molecule has 1 aliphatic rings. The van der Waals surface area contributed by atoms with Crippen molar-refractivity contribution in [2.24, 2.45) is 0 Å². The van der Waals surface area contributed by atoms with Crippen LogP contribution >= 0.6 is 0 Å². The Morgan fingerprint density at radius 3 is 2.48 bits per heavy atom. The highest BCUT2D eigenvalue weighted by molar-refractivity contribution is 6.19. The molecule has 1 aromatic heterocycles. The van der Waals surface area contributed by atoms with E-state index in [4.69, 9.17) is 0 Å².